The molecule has 4 heteroatoms. The SMILES string of the molecule is Cn1cc(CC2(CO)CCCO2)cn1. The van der Waals surface area contributed by atoms with Gasteiger partial charge in [-0.3, -0.25) is 4.68 Å². The van der Waals surface area contributed by atoms with E-state index in [9.17, 15) is 5.11 Å². The molecule has 0 radical (unpaired) electrons. The lowest BCUT2D eigenvalue weighted by molar-refractivity contribution is -0.0376. The highest BCUT2D eigenvalue weighted by Crippen LogP contribution is 2.28. The average Bonchev–Trinajstić information content (AvgIpc) is 2.77. The number of hydrogen-bond donors (Lipinski definition) is 1. The van der Waals surface area contributed by atoms with E-state index >= 15 is 0 Å². The van der Waals surface area contributed by atoms with Gasteiger partial charge in [0.05, 0.1) is 18.4 Å². The van der Waals surface area contributed by atoms with Gasteiger partial charge in [-0.15, -0.1) is 0 Å². The summed E-state index contributed by atoms with van der Waals surface area (Å²) in [6, 6.07) is 0. The van der Waals surface area contributed by atoms with Crippen molar-refractivity contribution in [3.63, 3.8) is 0 Å². The van der Waals surface area contributed by atoms with Crippen LogP contribution in [0.3, 0.4) is 0 Å². The lowest BCUT2D eigenvalue weighted by Crippen LogP contribution is -2.34. The quantitative estimate of drug-likeness (QED) is 0.766. The van der Waals surface area contributed by atoms with Crippen molar-refractivity contribution in [2.45, 2.75) is 24.9 Å². The minimum Gasteiger partial charge on any atom is -0.393 e. The summed E-state index contributed by atoms with van der Waals surface area (Å²) < 4.78 is 7.39. The number of aliphatic hydroxyl groups excluding tert-OH is 1. The van der Waals surface area contributed by atoms with E-state index in [4.69, 9.17) is 4.74 Å². The molecule has 2 heterocycles. The van der Waals surface area contributed by atoms with E-state index in [0.717, 1.165) is 31.4 Å². The number of aryl methyl sites for hydroxylation is 1. The predicted octanol–water partition coefficient (Wildman–Crippen LogP) is 0.504. The molecule has 0 saturated carbocycles. The topological polar surface area (TPSA) is 47.3 Å². The molecule has 1 aromatic rings. The number of nitrogens with zero attached hydrogens (tertiary/aromatic N) is 2. The Labute approximate surface area is 83.5 Å². The van der Waals surface area contributed by atoms with Crippen molar-refractivity contribution in [1.82, 2.24) is 9.78 Å². The van der Waals surface area contributed by atoms with Crippen LogP contribution < -0.4 is 0 Å². The first-order valence-electron chi connectivity index (χ1n) is 4.96. The third-order valence-corrected chi connectivity index (χ3v) is 2.76. The van der Waals surface area contributed by atoms with Gasteiger partial charge in [-0.2, -0.15) is 5.10 Å². The molecule has 1 aliphatic heterocycles. The average molecular weight is 196 g/mol. The molecule has 14 heavy (non-hydrogen) atoms. The van der Waals surface area contributed by atoms with Crippen LogP contribution in [0.5, 0.6) is 0 Å². The van der Waals surface area contributed by atoms with E-state index < -0.39 is 0 Å². The molecular weight excluding hydrogens is 180 g/mol. The van der Waals surface area contributed by atoms with Crippen molar-refractivity contribution in [1.29, 1.82) is 0 Å². The molecule has 0 amide bonds. The Morgan fingerprint density at radius 2 is 2.57 bits per heavy atom. The Balaban J connectivity index is 2.08. The monoisotopic (exact) mass is 196 g/mol. The second-order valence-electron chi connectivity index (χ2n) is 3.99. The second kappa shape index (κ2) is 3.71. The van der Waals surface area contributed by atoms with Crippen molar-refractivity contribution in [2.75, 3.05) is 13.2 Å². The summed E-state index contributed by atoms with van der Waals surface area (Å²) >= 11 is 0. The van der Waals surface area contributed by atoms with E-state index in [1.54, 1.807) is 4.68 Å². The standard InChI is InChI=1S/C10H16N2O2/c1-12-7-9(6-11-12)5-10(8-13)3-2-4-14-10/h6-7,13H,2-5,8H2,1H3. The summed E-state index contributed by atoms with van der Waals surface area (Å²) in [6.07, 6.45) is 6.55. The molecule has 1 unspecified atom stereocenters. The van der Waals surface area contributed by atoms with Gasteiger partial charge in [0.1, 0.15) is 0 Å². The molecule has 1 aromatic heterocycles. The zero-order valence-electron chi connectivity index (χ0n) is 8.44. The molecule has 0 aromatic carbocycles. The summed E-state index contributed by atoms with van der Waals surface area (Å²) in [6.45, 7) is 0.864. The summed E-state index contributed by atoms with van der Waals surface area (Å²) in [5.41, 5.74) is 0.784. The molecule has 1 saturated heterocycles. The van der Waals surface area contributed by atoms with Crippen LogP contribution >= 0.6 is 0 Å². The van der Waals surface area contributed by atoms with Gasteiger partial charge >= 0.3 is 0 Å². The molecule has 1 aliphatic rings. The maximum absolute atomic E-state index is 9.33. The van der Waals surface area contributed by atoms with E-state index in [1.165, 1.54) is 0 Å². The zero-order valence-corrected chi connectivity index (χ0v) is 8.44. The van der Waals surface area contributed by atoms with Crippen LogP contribution in [0.25, 0.3) is 0 Å². The van der Waals surface area contributed by atoms with E-state index in [-0.39, 0.29) is 12.2 Å². The second-order valence-corrected chi connectivity index (χ2v) is 3.99. The Kier molecular flexibility index (Phi) is 2.56. The van der Waals surface area contributed by atoms with Gasteiger partial charge in [0.25, 0.3) is 0 Å². The first-order valence-corrected chi connectivity index (χ1v) is 4.96. The van der Waals surface area contributed by atoms with Crippen LogP contribution in [0.2, 0.25) is 0 Å². The number of ether oxygens (including phenoxy) is 1. The van der Waals surface area contributed by atoms with Crippen molar-refractivity contribution in [3.05, 3.63) is 18.0 Å². The van der Waals surface area contributed by atoms with Gasteiger partial charge < -0.3 is 9.84 Å². The highest BCUT2D eigenvalue weighted by Gasteiger charge is 2.34. The fourth-order valence-corrected chi connectivity index (χ4v) is 2.01. The molecule has 4 nitrogen and oxygen atoms in total. The van der Waals surface area contributed by atoms with E-state index in [1.807, 2.05) is 19.4 Å². The van der Waals surface area contributed by atoms with Crippen LogP contribution in [-0.2, 0) is 18.2 Å². The molecule has 0 aliphatic carbocycles. The Bertz CT molecular complexity index is 303. The minimum absolute atomic E-state index is 0.0991. The number of hydrogen-bond acceptors (Lipinski definition) is 3. The minimum atomic E-state index is -0.344. The van der Waals surface area contributed by atoms with Gasteiger partial charge in [-0.05, 0) is 18.4 Å². The predicted molar refractivity (Wildman–Crippen MR) is 51.9 cm³/mol. The van der Waals surface area contributed by atoms with Crippen molar-refractivity contribution >= 4 is 0 Å². The number of rotatable bonds is 3. The summed E-state index contributed by atoms with van der Waals surface area (Å²) in [7, 11) is 1.89. The number of aromatic nitrogens is 2. The molecule has 1 N–H and O–H groups in total. The maximum Gasteiger partial charge on any atom is 0.0954 e. The Hall–Kier alpha value is -0.870. The third-order valence-electron chi connectivity index (χ3n) is 2.76. The van der Waals surface area contributed by atoms with Crippen LogP contribution in [0, 0.1) is 0 Å². The normalized spacial score (nSPS) is 27.0. The lowest BCUT2D eigenvalue weighted by atomic mass is 9.94. The van der Waals surface area contributed by atoms with E-state index in [0.29, 0.717) is 0 Å². The van der Waals surface area contributed by atoms with Crippen molar-refractivity contribution in [3.8, 4) is 0 Å². The Morgan fingerprint density at radius 3 is 3.07 bits per heavy atom. The highest BCUT2D eigenvalue weighted by atomic mass is 16.5. The highest BCUT2D eigenvalue weighted by molar-refractivity contribution is 5.09. The van der Waals surface area contributed by atoms with E-state index in [2.05, 4.69) is 5.10 Å². The molecule has 0 bridgehead atoms. The maximum atomic E-state index is 9.33. The van der Waals surface area contributed by atoms with Crippen molar-refractivity contribution in [2.24, 2.45) is 7.05 Å². The van der Waals surface area contributed by atoms with Gasteiger partial charge in [-0.25, -0.2) is 0 Å². The van der Waals surface area contributed by atoms with Crippen LogP contribution in [0.15, 0.2) is 12.4 Å². The summed E-state index contributed by atoms with van der Waals surface area (Å²) in [5.74, 6) is 0. The molecule has 1 fully saturated rings. The fraction of sp³-hybridized carbons (Fsp3) is 0.700. The molecule has 2 rings (SSSR count). The molecule has 78 valence electrons. The zero-order chi connectivity index (χ0) is 10.0. The Morgan fingerprint density at radius 1 is 1.71 bits per heavy atom. The first-order chi connectivity index (χ1) is 6.74. The third kappa shape index (κ3) is 1.81. The van der Waals surface area contributed by atoms with Crippen LogP contribution in [-0.4, -0.2) is 33.7 Å². The van der Waals surface area contributed by atoms with Gasteiger partial charge in [0.2, 0.25) is 0 Å². The van der Waals surface area contributed by atoms with Gasteiger partial charge in [-0.1, -0.05) is 0 Å². The lowest BCUT2D eigenvalue weighted by Gasteiger charge is -2.24. The van der Waals surface area contributed by atoms with Crippen LogP contribution in [0.4, 0.5) is 0 Å². The molecule has 1 atom stereocenters. The van der Waals surface area contributed by atoms with Gasteiger partial charge in [0, 0.05) is 26.3 Å². The smallest absolute Gasteiger partial charge is 0.0954 e. The van der Waals surface area contributed by atoms with Gasteiger partial charge in [0.15, 0.2) is 0 Å². The summed E-state index contributed by atoms with van der Waals surface area (Å²) in [5, 5.41) is 13.4. The largest absolute Gasteiger partial charge is 0.393 e. The fourth-order valence-electron chi connectivity index (χ4n) is 2.01. The molecule has 0 spiro atoms. The first kappa shape index (κ1) is 9.68. The van der Waals surface area contributed by atoms with Crippen LogP contribution in [0.1, 0.15) is 18.4 Å². The summed E-state index contributed by atoms with van der Waals surface area (Å²) in [4.78, 5) is 0. The van der Waals surface area contributed by atoms with Crippen molar-refractivity contribution < 1.29 is 9.84 Å². The number of aliphatic hydroxyl groups is 1. The molecular formula is C10H16N2O2.